The number of hydrogen-bond donors (Lipinski definition) is 0. The summed E-state index contributed by atoms with van der Waals surface area (Å²) in [5.41, 5.74) is 1.11. The van der Waals surface area contributed by atoms with E-state index in [1.807, 2.05) is 31.2 Å². The second-order valence-electron chi connectivity index (χ2n) is 4.54. The molecule has 0 aliphatic carbocycles. The highest BCUT2D eigenvalue weighted by Crippen LogP contribution is 2.41. The Hall–Kier alpha value is -0.360. The van der Waals surface area contributed by atoms with E-state index in [0.717, 1.165) is 5.56 Å². The molecule has 0 aromatic heterocycles. The number of hydrogen-bond acceptors (Lipinski definition) is 3. The predicted molar refractivity (Wildman–Crippen MR) is 78.0 cm³/mol. The fourth-order valence-corrected chi connectivity index (χ4v) is 3.64. The van der Waals surface area contributed by atoms with Gasteiger partial charge in [0.05, 0.1) is 10.7 Å². The third-order valence-electron chi connectivity index (χ3n) is 3.05. The van der Waals surface area contributed by atoms with E-state index in [1.165, 1.54) is 15.3 Å². The smallest absolute Gasteiger partial charge is 0.200 e. The summed E-state index contributed by atoms with van der Waals surface area (Å²) < 4.78 is 0.592. The normalized spacial score (nSPS) is 28.8. The minimum absolute atomic E-state index is 0.00279. The third kappa shape index (κ3) is 2.57. The van der Waals surface area contributed by atoms with Crippen molar-refractivity contribution in [3.63, 3.8) is 0 Å². The molecule has 0 amide bonds. The molecule has 0 N–H and O–H groups in total. The molecule has 0 radical (unpaired) electrons. The van der Waals surface area contributed by atoms with Gasteiger partial charge >= 0.3 is 0 Å². The van der Waals surface area contributed by atoms with Crippen molar-refractivity contribution >= 4 is 45.3 Å². The molecule has 2 atom stereocenters. The molecule has 1 heterocycles. The Bertz CT molecular complexity index is 469. The van der Waals surface area contributed by atoms with Crippen LogP contribution in [0.1, 0.15) is 19.4 Å². The standard InChI is InChI=1S/C13H13IO2S/c1-8-11(15)13(2,17-12(8)16)7-9-3-5-10(14)6-4-9/h3-6,8H,7H2,1-2H3. The average molecular weight is 360 g/mol. The molecule has 1 saturated heterocycles. The molecular formula is C13H13IO2S. The highest BCUT2D eigenvalue weighted by molar-refractivity contribution is 14.1. The summed E-state index contributed by atoms with van der Waals surface area (Å²) in [5, 5.41) is 0.00279. The minimum Gasteiger partial charge on any atom is -0.297 e. The maximum atomic E-state index is 12.1. The van der Waals surface area contributed by atoms with Gasteiger partial charge in [0.2, 0.25) is 0 Å². The van der Waals surface area contributed by atoms with E-state index in [-0.39, 0.29) is 10.9 Å². The van der Waals surface area contributed by atoms with E-state index in [0.29, 0.717) is 6.42 Å². The van der Waals surface area contributed by atoms with Gasteiger partial charge in [-0.1, -0.05) is 23.9 Å². The molecule has 1 aliphatic heterocycles. The van der Waals surface area contributed by atoms with Crippen LogP contribution in [0, 0.1) is 9.49 Å². The minimum atomic E-state index is -0.580. The van der Waals surface area contributed by atoms with Crippen LogP contribution in [-0.4, -0.2) is 15.6 Å². The SMILES string of the molecule is CC1C(=O)SC(C)(Cc2ccc(I)cc2)C1=O. The van der Waals surface area contributed by atoms with Crippen molar-refractivity contribution in [2.24, 2.45) is 5.92 Å². The first-order valence-electron chi connectivity index (χ1n) is 5.44. The number of ketones is 1. The number of carbonyl (C=O) groups is 2. The molecule has 2 rings (SSSR count). The van der Waals surface area contributed by atoms with Crippen molar-refractivity contribution in [2.75, 3.05) is 0 Å². The van der Waals surface area contributed by atoms with Gasteiger partial charge in [-0.15, -0.1) is 0 Å². The largest absolute Gasteiger partial charge is 0.297 e. The highest BCUT2D eigenvalue weighted by Gasteiger charge is 2.48. The van der Waals surface area contributed by atoms with Crippen LogP contribution >= 0.6 is 34.4 Å². The Morgan fingerprint density at radius 1 is 1.29 bits per heavy atom. The molecule has 0 spiro atoms. The van der Waals surface area contributed by atoms with Crippen molar-refractivity contribution in [3.05, 3.63) is 33.4 Å². The van der Waals surface area contributed by atoms with E-state index < -0.39 is 10.7 Å². The lowest BCUT2D eigenvalue weighted by Gasteiger charge is -2.20. The molecule has 1 aliphatic rings. The molecule has 1 aromatic carbocycles. The zero-order valence-corrected chi connectivity index (χ0v) is 12.7. The predicted octanol–water partition coefficient (Wildman–Crippen LogP) is 3.07. The quantitative estimate of drug-likeness (QED) is 0.601. The van der Waals surface area contributed by atoms with Crippen molar-refractivity contribution in [1.29, 1.82) is 0 Å². The summed E-state index contributed by atoms with van der Waals surface area (Å²) in [6.07, 6.45) is 0.628. The van der Waals surface area contributed by atoms with Crippen molar-refractivity contribution in [2.45, 2.75) is 25.0 Å². The molecule has 90 valence electrons. The fraction of sp³-hybridized carbons (Fsp3) is 0.385. The molecule has 1 fully saturated rings. The third-order valence-corrected chi connectivity index (χ3v) is 5.12. The van der Waals surface area contributed by atoms with Crippen LogP contribution in [0.25, 0.3) is 0 Å². The lowest BCUT2D eigenvalue weighted by molar-refractivity contribution is -0.127. The number of rotatable bonds is 2. The van der Waals surface area contributed by atoms with Gasteiger partial charge in [0.1, 0.15) is 0 Å². The maximum Gasteiger partial charge on any atom is 0.200 e. The summed E-state index contributed by atoms with van der Waals surface area (Å²) in [7, 11) is 0. The molecule has 0 bridgehead atoms. The second kappa shape index (κ2) is 4.72. The van der Waals surface area contributed by atoms with Gasteiger partial charge in [0.25, 0.3) is 0 Å². The Morgan fingerprint density at radius 2 is 1.88 bits per heavy atom. The summed E-state index contributed by atoms with van der Waals surface area (Å²) in [5.74, 6) is -0.389. The van der Waals surface area contributed by atoms with E-state index in [1.54, 1.807) is 6.92 Å². The Morgan fingerprint density at radius 3 is 2.35 bits per heavy atom. The maximum absolute atomic E-state index is 12.1. The topological polar surface area (TPSA) is 34.1 Å². The molecule has 2 nitrogen and oxygen atoms in total. The fourth-order valence-electron chi connectivity index (χ4n) is 2.04. The lowest BCUT2D eigenvalue weighted by Crippen LogP contribution is -2.32. The van der Waals surface area contributed by atoms with Gasteiger partial charge in [0.15, 0.2) is 10.9 Å². The lowest BCUT2D eigenvalue weighted by atomic mass is 9.90. The van der Waals surface area contributed by atoms with E-state index in [2.05, 4.69) is 22.6 Å². The number of Topliss-reactive ketones (excluding diaryl/α,β-unsaturated/α-hetero) is 1. The zero-order valence-electron chi connectivity index (χ0n) is 9.70. The molecule has 0 saturated carbocycles. The summed E-state index contributed by atoms with van der Waals surface area (Å²) in [6, 6.07) is 8.09. The van der Waals surface area contributed by atoms with E-state index >= 15 is 0 Å². The monoisotopic (exact) mass is 360 g/mol. The van der Waals surface area contributed by atoms with Crippen LogP contribution in [0.3, 0.4) is 0 Å². The second-order valence-corrected chi connectivity index (χ2v) is 7.29. The number of halogens is 1. The van der Waals surface area contributed by atoms with Gasteiger partial charge < -0.3 is 0 Å². The van der Waals surface area contributed by atoms with Crippen LogP contribution in [0.5, 0.6) is 0 Å². The Labute approximate surface area is 119 Å². The Balaban J connectivity index is 2.21. The number of benzene rings is 1. The number of thioether (sulfide) groups is 1. The van der Waals surface area contributed by atoms with Crippen LogP contribution in [-0.2, 0) is 16.0 Å². The van der Waals surface area contributed by atoms with Gasteiger partial charge in [-0.05, 0) is 60.6 Å². The van der Waals surface area contributed by atoms with Crippen LogP contribution in [0.2, 0.25) is 0 Å². The Kier molecular flexibility index (Phi) is 3.63. The summed E-state index contributed by atoms with van der Waals surface area (Å²) in [4.78, 5) is 23.7. The van der Waals surface area contributed by atoms with Gasteiger partial charge in [0, 0.05) is 3.57 Å². The first-order valence-corrected chi connectivity index (χ1v) is 7.33. The van der Waals surface area contributed by atoms with Crippen molar-refractivity contribution in [1.82, 2.24) is 0 Å². The zero-order chi connectivity index (χ0) is 12.6. The average Bonchev–Trinajstić information content (AvgIpc) is 2.47. The molecule has 4 heteroatoms. The summed E-state index contributed by atoms with van der Waals surface area (Å²) in [6.45, 7) is 3.58. The van der Waals surface area contributed by atoms with Crippen molar-refractivity contribution in [3.8, 4) is 0 Å². The first kappa shape index (κ1) is 13.1. The van der Waals surface area contributed by atoms with Crippen LogP contribution < -0.4 is 0 Å². The van der Waals surface area contributed by atoms with E-state index in [9.17, 15) is 9.59 Å². The molecule has 2 unspecified atom stereocenters. The summed E-state index contributed by atoms with van der Waals surface area (Å²) >= 11 is 3.44. The van der Waals surface area contributed by atoms with Gasteiger partial charge in [-0.2, -0.15) is 0 Å². The first-order chi connectivity index (χ1) is 7.92. The molecule has 1 aromatic rings. The molecular weight excluding hydrogens is 347 g/mol. The highest BCUT2D eigenvalue weighted by atomic mass is 127. The van der Waals surface area contributed by atoms with Crippen LogP contribution in [0.4, 0.5) is 0 Å². The van der Waals surface area contributed by atoms with E-state index in [4.69, 9.17) is 0 Å². The van der Waals surface area contributed by atoms with Crippen LogP contribution in [0.15, 0.2) is 24.3 Å². The van der Waals surface area contributed by atoms with Gasteiger partial charge in [-0.25, -0.2) is 0 Å². The van der Waals surface area contributed by atoms with Crippen molar-refractivity contribution < 1.29 is 9.59 Å². The number of carbonyl (C=O) groups excluding carboxylic acids is 2. The van der Waals surface area contributed by atoms with Gasteiger partial charge in [-0.3, -0.25) is 9.59 Å². The molecule has 17 heavy (non-hydrogen) atoms.